The molecule has 0 bridgehead atoms. The zero-order valence-electron chi connectivity index (χ0n) is 9.61. The van der Waals surface area contributed by atoms with Gasteiger partial charge in [-0.05, 0) is 36.7 Å². The van der Waals surface area contributed by atoms with Crippen LogP contribution in [0.25, 0.3) is 0 Å². The largest absolute Gasteiger partial charge is 0.378 e. The van der Waals surface area contributed by atoms with Crippen molar-refractivity contribution >= 4 is 28.5 Å². The fourth-order valence-electron chi connectivity index (χ4n) is 0.988. The first-order chi connectivity index (χ1) is 7.68. The molecule has 1 rings (SSSR count). The summed E-state index contributed by atoms with van der Waals surface area (Å²) in [6, 6.07) is 0. The maximum atomic E-state index is 5.43. The molecular weight excluding hydrogens is 319 g/mol. The van der Waals surface area contributed by atoms with Gasteiger partial charge in [0.2, 0.25) is 5.95 Å². The van der Waals surface area contributed by atoms with Crippen LogP contribution in [0.3, 0.4) is 0 Å². The number of aromatic nitrogens is 2. The summed E-state index contributed by atoms with van der Waals surface area (Å²) < 4.78 is 6.46. The van der Waals surface area contributed by atoms with E-state index in [1.54, 1.807) is 12.4 Å². The van der Waals surface area contributed by atoms with Crippen LogP contribution in [0.4, 0.5) is 5.95 Å². The first-order valence-electron chi connectivity index (χ1n) is 5.12. The summed E-state index contributed by atoms with van der Waals surface area (Å²) in [6.07, 6.45) is 3.56. The number of hydrogen-bond donors (Lipinski definition) is 1. The standard InChI is InChI=1S/C10H17IN4O/c1-15(2)4-6-16-5-3-12-10-13-7-9(11)8-14-10/h7-8H,3-6H2,1-2H3,(H,12,13,14). The molecule has 0 aliphatic carbocycles. The molecule has 0 spiro atoms. The molecule has 0 aromatic carbocycles. The van der Waals surface area contributed by atoms with Gasteiger partial charge >= 0.3 is 0 Å². The van der Waals surface area contributed by atoms with Gasteiger partial charge in [0.15, 0.2) is 0 Å². The Morgan fingerprint density at radius 1 is 1.31 bits per heavy atom. The molecule has 16 heavy (non-hydrogen) atoms. The maximum absolute atomic E-state index is 5.43. The number of likely N-dealkylation sites (N-methyl/N-ethyl adjacent to an activating group) is 1. The van der Waals surface area contributed by atoms with Gasteiger partial charge in [0.05, 0.1) is 13.2 Å². The summed E-state index contributed by atoms with van der Waals surface area (Å²) in [5, 5.41) is 3.10. The average Bonchev–Trinajstić information content (AvgIpc) is 2.25. The molecule has 0 radical (unpaired) electrons. The maximum Gasteiger partial charge on any atom is 0.222 e. The Labute approximate surface area is 110 Å². The molecule has 0 aliphatic heterocycles. The minimum atomic E-state index is 0.650. The van der Waals surface area contributed by atoms with Gasteiger partial charge in [0, 0.05) is 29.1 Å². The predicted octanol–water partition coefficient (Wildman–Crippen LogP) is 1.07. The van der Waals surface area contributed by atoms with E-state index >= 15 is 0 Å². The number of hydrogen-bond acceptors (Lipinski definition) is 5. The highest BCUT2D eigenvalue weighted by atomic mass is 127. The minimum Gasteiger partial charge on any atom is -0.378 e. The van der Waals surface area contributed by atoms with Gasteiger partial charge < -0.3 is 15.0 Å². The topological polar surface area (TPSA) is 50.3 Å². The Hall–Kier alpha value is -0.470. The number of ether oxygens (including phenoxy) is 1. The van der Waals surface area contributed by atoms with Crippen LogP contribution in [0, 0.1) is 3.57 Å². The van der Waals surface area contributed by atoms with Crippen molar-refractivity contribution in [3.05, 3.63) is 16.0 Å². The highest BCUT2D eigenvalue weighted by Gasteiger charge is 1.95. The fraction of sp³-hybridized carbons (Fsp3) is 0.600. The van der Waals surface area contributed by atoms with Gasteiger partial charge in [0.25, 0.3) is 0 Å². The molecule has 6 heteroatoms. The molecular formula is C10H17IN4O. The molecule has 0 fully saturated rings. The van der Waals surface area contributed by atoms with Crippen LogP contribution >= 0.6 is 22.6 Å². The molecule has 0 amide bonds. The quantitative estimate of drug-likeness (QED) is 0.596. The molecule has 1 aromatic rings. The third-order valence-electron chi connectivity index (χ3n) is 1.83. The van der Waals surface area contributed by atoms with Crippen LogP contribution < -0.4 is 5.32 Å². The van der Waals surface area contributed by atoms with Crippen LogP contribution in [0.5, 0.6) is 0 Å². The van der Waals surface area contributed by atoms with Crippen molar-refractivity contribution in [1.82, 2.24) is 14.9 Å². The molecule has 90 valence electrons. The number of halogens is 1. The van der Waals surface area contributed by atoms with Crippen LogP contribution in [0.2, 0.25) is 0 Å². The van der Waals surface area contributed by atoms with Gasteiger partial charge in [-0.15, -0.1) is 0 Å². The van der Waals surface area contributed by atoms with Crippen molar-refractivity contribution in [3.8, 4) is 0 Å². The summed E-state index contributed by atoms with van der Waals surface area (Å²) in [5.74, 6) is 0.650. The second kappa shape index (κ2) is 7.75. The lowest BCUT2D eigenvalue weighted by Gasteiger charge is -2.10. The number of nitrogens with zero attached hydrogens (tertiary/aromatic N) is 3. The van der Waals surface area contributed by atoms with E-state index in [1.165, 1.54) is 0 Å². The molecule has 1 aromatic heterocycles. The Kier molecular flexibility index (Phi) is 6.58. The van der Waals surface area contributed by atoms with Crippen molar-refractivity contribution in [1.29, 1.82) is 0 Å². The molecule has 5 nitrogen and oxygen atoms in total. The van der Waals surface area contributed by atoms with E-state index in [0.717, 1.165) is 23.3 Å². The molecule has 0 saturated heterocycles. The van der Waals surface area contributed by atoms with Crippen molar-refractivity contribution in [2.75, 3.05) is 45.7 Å². The summed E-state index contributed by atoms with van der Waals surface area (Å²) >= 11 is 2.18. The van der Waals surface area contributed by atoms with Crippen molar-refractivity contribution in [3.63, 3.8) is 0 Å². The van der Waals surface area contributed by atoms with Crippen LogP contribution in [0.1, 0.15) is 0 Å². The van der Waals surface area contributed by atoms with Crippen molar-refractivity contribution in [2.24, 2.45) is 0 Å². The van der Waals surface area contributed by atoms with E-state index in [1.807, 2.05) is 14.1 Å². The lowest BCUT2D eigenvalue weighted by Crippen LogP contribution is -2.20. The van der Waals surface area contributed by atoms with E-state index in [4.69, 9.17) is 4.74 Å². The molecule has 1 N–H and O–H groups in total. The first-order valence-corrected chi connectivity index (χ1v) is 6.20. The Morgan fingerprint density at radius 3 is 2.62 bits per heavy atom. The monoisotopic (exact) mass is 336 g/mol. The second-order valence-electron chi connectivity index (χ2n) is 3.57. The van der Waals surface area contributed by atoms with E-state index in [0.29, 0.717) is 12.6 Å². The highest BCUT2D eigenvalue weighted by molar-refractivity contribution is 14.1. The van der Waals surface area contributed by atoms with Gasteiger partial charge in [-0.25, -0.2) is 9.97 Å². The SMILES string of the molecule is CN(C)CCOCCNc1ncc(I)cn1. The summed E-state index contributed by atoms with van der Waals surface area (Å²) in [4.78, 5) is 10.4. The molecule has 0 saturated carbocycles. The Morgan fingerprint density at radius 2 is 2.00 bits per heavy atom. The molecule has 1 heterocycles. The summed E-state index contributed by atoms with van der Waals surface area (Å²) in [5.41, 5.74) is 0. The average molecular weight is 336 g/mol. The van der Waals surface area contributed by atoms with E-state index in [9.17, 15) is 0 Å². The molecule has 0 unspecified atom stereocenters. The second-order valence-corrected chi connectivity index (χ2v) is 4.81. The van der Waals surface area contributed by atoms with E-state index < -0.39 is 0 Å². The van der Waals surface area contributed by atoms with Gasteiger partial charge in [-0.3, -0.25) is 0 Å². The Balaban J connectivity index is 2.05. The van der Waals surface area contributed by atoms with Gasteiger partial charge in [0.1, 0.15) is 0 Å². The summed E-state index contributed by atoms with van der Waals surface area (Å²) in [6.45, 7) is 3.10. The van der Waals surface area contributed by atoms with Crippen LogP contribution in [0.15, 0.2) is 12.4 Å². The zero-order valence-corrected chi connectivity index (χ0v) is 11.8. The fourth-order valence-corrected chi connectivity index (χ4v) is 1.27. The van der Waals surface area contributed by atoms with Crippen molar-refractivity contribution < 1.29 is 4.74 Å². The third kappa shape index (κ3) is 6.19. The number of nitrogens with one attached hydrogen (secondary N) is 1. The number of anilines is 1. The van der Waals surface area contributed by atoms with Gasteiger partial charge in [-0.1, -0.05) is 0 Å². The minimum absolute atomic E-state index is 0.650. The Bertz CT molecular complexity index is 291. The lowest BCUT2D eigenvalue weighted by molar-refractivity contribution is 0.126. The summed E-state index contributed by atoms with van der Waals surface area (Å²) in [7, 11) is 4.06. The van der Waals surface area contributed by atoms with Crippen LogP contribution in [-0.2, 0) is 4.74 Å². The first kappa shape index (κ1) is 13.6. The van der Waals surface area contributed by atoms with Gasteiger partial charge in [-0.2, -0.15) is 0 Å². The smallest absolute Gasteiger partial charge is 0.222 e. The van der Waals surface area contributed by atoms with E-state index in [2.05, 4.69) is 42.8 Å². The normalized spacial score (nSPS) is 10.8. The molecule has 0 aliphatic rings. The third-order valence-corrected chi connectivity index (χ3v) is 2.39. The van der Waals surface area contributed by atoms with Crippen molar-refractivity contribution in [2.45, 2.75) is 0 Å². The number of rotatable bonds is 7. The zero-order chi connectivity index (χ0) is 11.8. The highest BCUT2D eigenvalue weighted by Crippen LogP contribution is 2.01. The van der Waals surface area contributed by atoms with Crippen LogP contribution in [-0.4, -0.2) is 55.3 Å². The predicted molar refractivity (Wildman–Crippen MR) is 72.6 cm³/mol. The lowest BCUT2D eigenvalue weighted by atomic mass is 10.6. The molecule has 0 atom stereocenters. The van der Waals surface area contributed by atoms with E-state index in [-0.39, 0.29) is 0 Å².